The summed E-state index contributed by atoms with van der Waals surface area (Å²) in [5.74, 6) is 0. The molecule has 2 heteroatoms. The highest BCUT2D eigenvalue weighted by Gasteiger charge is 2.29. The topological polar surface area (TPSA) is 15.3 Å². The van der Waals surface area contributed by atoms with Crippen molar-refractivity contribution in [2.75, 3.05) is 20.1 Å². The monoisotopic (exact) mass is 232 g/mol. The number of nitrogens with one attached hydrogen (secondary N) is 1. The molecule has 1 N–H and O–H groups in total. The third-order valence-corrected chi connectivity index (χ3v) is 3.88. The Morgan fingerprint density at radius 1 is 1.35 bits per heavy atom. The molecule has 1 aliphatic heterocycles. The molecule has 0 aliphatic carbocycles. The van der Waals surface area contributed by atoms with E-state index in [0.29, 0.717) is 6.04 Å². The first kappa shape index (κ1) is 12.6. The van der Waals surface area contributed by atoms with Crippen LogP contribution in [-0.2, 0) is 0 Å². The molecule has 1 heterocycles. The Labute approximate surface area is 105 Å². The second kappa shape index (κ2) is 6.18. The van der Waals surface area contributed by atoms with Crippen LogP contribution in [0.4, 0.5) is 0 Å². The molecule has 0 spiro atoms. The molecule has 2 nitrogen and oxygen atoms in total. The molecule has 1 fully saturated rings. The van der Waals surface area contributed by atoms with E-state index in [1.54, 1.807) is 0 Å². The van der Waals surface area contributed by atoms with Crippen LogP contribution in [0.2, 0.25) is 0 Å². The van der Waals surface area contributed by atoms with E-state index in [4.69, 9.17) is 0 Å². The summed E-state index contributed by atoms with van der Waals surface area (Å²) >= 11 is 0. The maximum atomic E-state index is 3.35. The van der Waals surface area contributed by atoms with Crippen molar-refractivity contribution in [2.24, 2.45) is 0 Å². The van der Waals surface area contributed by atoms with Crippen molar-refractivity contribution in [3.63, 3.8) is 0 Å². The summed E-state index contributed by atoms with van der Waals surface area (Å²) in [6.45, 7) is 4.60. The van der Waals surface area contributed by atoms with Crippen LogP contribution in [0.25, 0.3) is 0 Å². The molecule has 94 valence electrons. The summed E-state index contributed by atoms with van der Waals surface area (Å²) in [6.07, 6.45) is 3.99. The van der Waals surface area contributed by atoms with Crippen LogP contribution in [0.5, 0.6) is 0 Å². The number of likely N-dealkylation sites (tertiary alicyclic amines) is 1. The van der Waals surface area contributed by atoms with E-state index >= 15 is 0 Å². The standard InChI is InChI=1S/C15H24N2/c1-3-14-10-7-11-17(14)15(12-16-2)13-8-5-4-6-9-13/h4-6,8-9,14-16H,3,7,10-12H2,1-2H3. The molecular formula is C15H24N2. The van der Waals surface area contributed by atoms with Gasteiger partial charge in [0.1, 0.15) is 0 Å². The maximum Gasteiger partial charge on any atom is 0.0475 e. The summed E-state index contributed by atoms with van der Waals surface area (Å²) in [7, 11) is 2.05. The van der Waals surface area contributed by atoms with Gasteiger partial charge in [0.15, 0.2) is 0 Å². The first-order valence-corrected chi connectivity index (χ1v) is 6.82. The summed E-state index contributed by atoms with van der Waals surface area (Å²) in [5, 5.41) is 3.35. The summed E-state index contributed by atoms with van der Waals surface area (Å²) < 4.78 is 0. The number of likely N-dealkylation sites (N-methyl/N-ethyl adjacent to an activating group) is 1. The normalized spacial score (nSPS) is 22.8. The summed E-state index contributed by atoms with van der Waals surface area (Å²) in [5.41, 5.74) is 1.45. The molecule has 2 atom stereocenters. The highest BCUT2D eigenvalue weighted by Crippen LogP contribution is 2.30. The van der Waals surface area contributed by atoms with Gasteiger partial charge in [0.2, 0.25) is 0 Å². The lowest BCUT2D eigenvalue weighted by Crippen LogP contribution is -2.38. The maximum absolute atomic E-state index is 3.35. The van der Waals surface area contributed by atoms with E-state index in [0.717, 1.165) is 12.6 Å². The number of hydrogen-bond acceptors (Lipinski definition) is 2. The largest absolute Gasteiger partial charge is 0.318 e. The van der Waals surface area contributed by atoms with Crippen molar-refractivity contribution in [3.8, 4) is 0 Å². The van der Waals surface area contributed by atoms with Crippen LogP contribution >= 0.6 is 0 Å². The number of nitrogens with zero attached hydrogens (tertiary/aromatic N) is 1. The second-order valence-electron chi connectivity index (χ2n) is 4.93. The highest BCUT2D eigenvalue weighted by molar-refractivity contribution is 5.20. The van der Waals surface area contributed by atoms with Crippen molar-refractivity contribution < 1.29 is 0 Å². The Morgan fingerprint density at radius 2 is 2.12 bits per heavy atom. The third kappa shape index (κ3) is 2.88. The quantitative estimate of drug-likeness (QED) is 0.840. The number of benzene rings is 1. The third-order valence-electron chi connectivity index (χ3n) is 3.88. The lowest BCUT2D eigenvalue weighted by molar-refractivity contribution is 0.174. The Balaban J connectivity index is 2.17. The fourth-order valence-electron chi connectivity index (χ4n) is 3.00. The minimum Gasteiger partial charge on any atom is -0.318 e. The molecule has 0 saturated carbocycles. The van der Waals surface area contributed by atoms with Gasteiger partial charge in [-0.1, -0.05) is 37.3 Å². The molecule has 2 unspecified atom stereocenters. The van der Waals surface area contributed by atoms with E-state index in [1.807, 2.05) is 7.05 Å². The predicted octanol–water partition coefficient (Wildman–Crippen LogP) is 2.82. The first-order valence-electron chi connectivity index (χ1n) is 6.82. The van der Waals surface area contributed by atoms with Gasteiger partial charge in [-0.3, -0.25) is 4.90 Å². The van der Waals surface area contributed by atoms with Crippen molar-refractivity contribution in [1.29, 1.82) is 0 Å². The van der Waals surface area contributed by atoms with Gasteiger partial charge in [-0.25, -0.2) is 0 Å². The zero-order valence-electron chi connectivity index (χ0n) is 11.0. The molecule has 1 saturated heterocycles. The van der Waals surface area contributed by atoms with Crippen LogP contribution in [0.15, 0.2) is 30.3 Å². The molecule has 17 heavy (non-hydrogen) atoms. The lowest BCUT2D eigenvalue weighted by Gasteiger charge is -2.33. The average molecular weight is 232 g/mol. The van der Waals surface area contributed by atoms with E-state index in [-0.39, 0.29) is 0 Å². The summed E-state index contributed by atoms with van der Waals surface area (Å²) in [6, 6.07) is 12.2. The Hall–Kier alpha value is -0.860. The number of hydrogen-bond donors (Lipinski definition) is 1. The van der Waals surface area contributed by atoms with Crippen LogP contribution in [0, 0.1) is 0 Å². The predicted molar refractivity (Wildman–Crippen MR) is 73.1 cm³/mol. The van der Waals surface area contributed by atoms with Crippen LogP contribution in [0.3, 0.4) is 0 Å². The molecular weight excluding hydrogens is 208 g/mol. The molecule has 0 aromatic heterocycles. The Kier molecular flexibility index (Phi) is 4.57. The Bertz CT molecular complexity index is 323. The van der Waals surface area contributed by atoms with E-state index in [9.17, 15) is 0 Å². The molecule has 1 aromatic carbocycles. The minimum absolute atomic E-state index is 0.536. The smallest absolute Gasteiger partial charge is 0.0475 e. The lowest BCUT2D eigenvalue weighted by atomic mass is 10.0. The van der Waals surface area contributed by atoms with Gasteiger partial charge in [0.05, 0.1) is 0 Å². The molecule has 1 aliphatic rings. The fourth-order valence-corrected chi connectivity index (χ4v) is 3.00. The zero-order chi connectivity index (χ0) is 12.1. The molecule has 0 amide bonds. The van der Waals surface area contributed by atoms with Gasteiger partial charge in [-0.15, -0.1) is 0 Å². The van der Waals surface area contributed by atoms with Gasteiger partial charge < -0.3 is 5.32 Å². The zero-order valence-corrected chi connectivity index (χ0v) is 11.0. The van der Waals surface area contributed by atoms with Gasteiger partial charge >= 0.3 is 0 Å². The molecule has 2 rings (SSSR count). The minimum atomic E-state index is 0.536. The van der Waals surface area contributed by atoms with Crippen LogP contribution in [0.1, 0.15) is 37.8 Å². The molecule has 0 bridgehead atoms. The van der Waals surface area contributed by atoms with Crippen molar-refractivity contribution >= 4 is 0 Å². The van der Waals surface area contributed by atoms with Crippen LogP contribution < -0.4 is 5.32 Å². The molecule has 1 aromatic rings. The second-order valence-corrected chi connectivity index (χ2v) is 4.93. The van der Waals surface area contributed by atoms with E-state index in [1.165, 1.54) is 31.4 Å². The highest BCUT2D eigenvalue weighted by atomic mass is 15.2. The van der Waals surface area contributed by atoms with Gasteiger partial charge in [0, 0.05) is 18.6 Å². The van der Waals surface area contributed by atoms with Gasteiger partial charge in [0.25, 0.3) is 0 Å². The SMILES string of the molecule is CCC1CCCN1C(CNC)c1ccccc1. The summed E-state index contributed by atoms with van der Waals surface area (Å²) in [4.78, 5) is 2.69. The van der Waals surface area contributed by atoms with E-state index in [2.05, 4.69) is 47.5 Å². The van der Waals surface area contributed by atoms with Crippen molar-refractivity contribution in [3.05, 3.63) is 35.9 Å². The van der Waals surface area contributed by atoms with Gasteiger partial charge in [-0.2, -0.15) is 0 Å². The Morgan fingerprint density at radius 3 is 2.76 bits per heavy atom. The van der Waals surface area contributed by atoms with Crippen molar-refractivity contribution in [1.82, 2.24) is 10.2 Å². The fraction of sp³-hybridized carbons (Fsp3) is 0.600. The van der Waals surface area contributed by atoms with Crippen molar-refractivity contribution in [2.45, 2.75) is 38.3 Å². The molecule has 0 radical (unpaired) electrons. The van der Waals surface area contributed by atoms with Crippen LogP contribution in [-0.4, -0.2) is 31.1 Å². The van der Waals surface area contributed by atoms with Gasteiger partial charge in [-0.05, 0) is 38.4 Å². The first-order chi connectivity index (χ1) is 8.36. The van der Waals surface area contributed by atoms with E-state index < -0.39 is 0 Å². The average Bonchev–Trinajstić information content (AvgIpc) is 2.85. The number of rotatable bonds is 5.